The monoisotopic (exact) mass is 239 g/mol. The number of aromatic amines is 1. The van der Waals surface area contributed by atoms with Crippen LogP contribution in [0.2, 0.25) is 0 Å². The Morgan fingerprint density at radius 2 is 2.60 bits per heavy atom. The topological polar surface area (TPSA) is 79.6 Å². The van der Waals surface area contributed by atoms with E-state index in [2.05, 4.69) is 25.2 Å². The van der Waals surface area contributed by atoms with Crippen molar-refractivity contribution in [3.05, 3.63) is 23.6 Å². The van der Waals surface area contributed by atoms with Crippen LogP contribution in [0.25, 0.3) is 0 Å². The van der Waals surface area contributed by atoms with Gasteiger partial charge in [0, 0.05) is 0 Å². The Balaban J connectivity index is 2.10. The summed E-state index contributed by atoms with van der Waals surface area (Å²) in [6.07, 6.45) is 3.35. The normalized spacial score (nSPS) is 25.6. The quantitative estimate of drug-likeness (QED) is 0.575. The molecular formula is C6H6BN5OS2. The van der Waals surface area contributed by atoms with E-state index in [0.29, 0.717) is 0 Å². The van der Waals surface area contributed by atoms with Gasteiger partial charge < -0.3 is 0 Å². The third kappa shape index (κ3) is 1.42. The maximum absolute atomic E-state index is 4.88. The minimum absolute atomic E-state index is 0.345. The van der Waals surface area contributed by atoms with Gasteiger partial charge in [0.1, 0.15) is 0 Å². The van der Waals surface area contributed by atoms with Crippen LogP contribution in [0.15, 0.2) is 17.0 Å². The van der Waals surface area contributed by atoms with Gasteiger partial charge in [-0.05, 0) is 0 Å². The summed E-state index contributed by atoms with van der Waals surface area (Å²) in [5.41, 5.74) is 1.47. The van der Waals surface area contributed by atoms with Crippen LogP contribution in [0.4, 0.5) is 0 Å². The molecule has 1 aliphatic rings. The van der Waals surface area contributed by atoms with Crippen LogP contribution in [0.1, 0.15) is 11.2 Å². The molecule has 0 saturated carbocycles. The van der Waals surface area contributed by atoms with Crippen LogP contribution in [0.3, 0.4) is 0 Å². The molecule has 3 rings (SSSR count). The molecule has 2 aromatic rings. The summed E-state index contributed by atoms with van der Waals surface area (Å²) in [7, 11) is 5.03. The third-order valence-electron chi connectivity index (χ3n) is 2.33. The van der Waals surface area contributed by atoms with Crippen molar-refractivity contribution in [1.82, 2.24) is 25.2 Å². The van der Waals surface area contributed by atoms with Gasteiger partial charge in [-0.1, -0.05) is 0 Å². The van der Waals surface area contributed by atoms with Gasteiger partial charge in [0.15, 0.2) is 0 Å². The Bertz CT molecular complexity index is 390. The number of nitrogens with one attached hydrogen (secondary N) is 2. The molecule has 3 heterocycles. The van der Waals surface area contributed by atoms with E-state index < -0.39 is 0 Å². The van der Waals surface area contributed by atoms with E-state index >= 15 is 0 Å². The molecule has 0 amide bonds. The third-order valence-corrected chi connectivity index (χ3v) is 4.39. The summed E-state index contributed by atoms with van der Waals surface area (Å²) in [5, 5.41) is 14.3. The molecule has 1 aliphatic heterocycles. The molecule has 0 aliphatic carbocycles. The molecule has 76 valence electrons. The van der Waals surface area contributed by atoms with E-state index in [1.54, 1.807) is 41.3 Å². The van der Waals surface area contributed by atoms with Crippen LogP contribution in [-0.2, 0) is 5.54 Å². The fourth-order valence-electron chi connectivity index (χ4n) is 1.49. The Labute approximate surface area is 93.7 Å². The van der Waals surface area contributed by atoms with Gasteiger partial charge in [-0.3, -0.25) is 0 Å². The number of hydrogen-bond acceptors (Lipinski definition) is 7. The van der Waals surface area contributed by atoms with Crippen LogP contribution in [0.5, 0.6) is 0 Å². The average Bonchev–Trinajstić information content (AvgIpc) is 3.02. The predicted octanol–water partition coefficient (Wildman–Crippen LogP) is 0.274. The van der Waals surface area contributed by atoms with Crippen molar-refractivity contribution in [2.45, 2.75) is 5.54 Å². The second-order valence-electron chi connectivity index (χ2n) is 3.12. The molecule has 2 aromatic heterocycles. The SMILES string of the molecule is b1nocc1C1(c2cn[nH]n2)CSSN1. The van der Waals surface area contributed by atoms with Gasteiger partial charge >= 0.3 is 93.5 Å². The summed E-state index contributed by atoms with van der Waals surface area (Å²) in [6.45, 7) is 0. The standard InChI is InChI=1S/C6H6BN5OS2/c1-5(9-12-8-1)6(3-14-15-10-6)4-2-13-11-7-4/h1-2,10H,3H2,(H,8,9,12). The Morgan fingerprint density at radius 3 is 3.20 bits per heavy atom. The average molecular weight is 239 g/mol. The summed E-state index contributed by atoms with van der Waals surface area (Å²) in [6, 6.07) is 0. The first-order chi connectivity index (χ1) is 7.42. The minimum atomic E-state index is -0.345. The van der Waals surface area contributed by atoms with Crippen molar-refractivity contribution in [1.29, 1.82) is 0 Å². The van der Waals surface area contributed by atoms with Gasteiger partial charge in [0.2, 0.25) is 0 Å². The molecule has 1 saturated heterocycles. The van der Waals surface area contributed by atoms with E-state index in [9.17, 15) is 0 Å². The molecular weight excluding hydrogens is 233 g/mol. The van der Waals surface area contributed by atoms with Gasteiger partial charge in [0.05, 0.1) is 0 Å². The van der Waals surface area contributed by atoms with Crippen LogP contribution in [-0.4, -0.2) is 33.3 Å². The molecule has 0 spiro atoms. The summed E-state index contributed by atoms with van der Waals surface area (Å²) >= 11 is 0. The first-order valence-electron chi connectivity index (χ1n) is 4.23. The first kappa shape index (κ1) is 9.43. The predicted molar refractivity (Wildman–Crippen MR) is 58.2 cm³/mol. The number of nitrogens with zero attached hydrogens (tertiary/aromatic N) is 3. The second kappa shape index (κ2) is 3.65. The van der Waals surface area contributed by atoms with Gasteiger partial charge in [-0.15, -0.1) is 0 Å². The Kier molecular flexibility index (Phi) is 2.30. The summed E-state index contributed by atoms with van der Waals surface area (Å²) < 4.78 is 8.22. The zero-order valence-corrected chi connectivity index (χ0v) is 9.14. The second-order valence-corrected chi connectivity index (χ2v) is 5.22. The van der Waals surface area contributed by atoms with Crippen molar-refractivity contribution in [3.8, 4) is 0 Å². The molecule has 0 aromatic carbocycles. The number of rotatable bonds is 2. The number of H-pyrrole nitrogens is 1. The van der Waals surface area contributed by atoms with E-state index in [1.165, 1.54) is 0 Å². The molecule has 2 N–H and O–H groups in total. The van der Waals surface area contributed by atoms with Crippen LogP contribution < -0.4 is 4.72 Å². The number of hydrogen-bond donors (Lipinski definition) is 2. The van der Waals surface area contributed by atoms with Crippen LogP contribution in [0, 0.1) is 0 Å². The molecule has 1 atom stereocenters. The maximum atomic E-state index is 4.88. The van der Waals surface area contributed by atoms with Crippen molar-refractivity contribution in [3.63, 3.8) is 0 Å². The fraction of sp³-hybridized carbons (Fsp3) is 0.333. The summed E-state index contributed by atoms with van der Waals surface area (Å²) in [5.74, 6) is 0.866. The van der Waals surface area contributed by atoms with Gasteiger partial charge in [-0.2, -0.15) is 0 Å². The molecule has 1 fully saturated rings. The Morgan fingerprint density at radius 1 is 1.60 bits per heavy atom. The fourth-order valence-corrected chi connectivity index (χ4v) is 4.01. The first-order valence-corrected chi connectivity index (χ1v) is 6.55. The molecule has 6 nitrogen and oxygen atoms in total. The van der Waals surface area contributed by atoms with Crippen molar-refractivity contribution in [2.75, 3.05) is 5.75 Å². The van der Waals surface area contributed by atoms with Crippen LogP contribution >= 0.6 is 21.8 Å². The van der Waals surface area contributed by atoms with Gasteiger partial charge in [-0.25, -0.2) is 0 Å². The van der Waals surface area contributed by atoms with E-state index in [0.717, 1.165) is 16.9 Å². The van der Waals surface area contributed by atoms with Crippen molar-refractivity contribution >= 4 is 28.8 Å². The Hall–Kier alpha value is -0.795. The number of aromatic nitrogens is 4. The van der Waals surface area contributed by atoms with Crippen molar-refractivity contribution < 1.29 is 4.52 Å². The van der Waals surface area contributed by atoms with E-state index in [1.807, 2.05) is 0 Å². The molecule has 9 heteroatoms. The molecule has 1 unspecified atom stereocenters. The summed E-state index contributed by atoms with van der Waals surface area (Å²) in [4.78, 5) is 0. The van der Waals surface area contributed by atoms with E-state index in [-0.39, 0.29) is 5.54 Å². The zero-order chi connectivity index (χ0) is 10.1. The zero-order valence-electron chi connectivity index (χ0n) is 7.51. The molecule has 0 radical (unpaired) electrons. The van der Waals surface area contributed by atoms with E-state index in [4.69, 9.17) is 4.52 Å². The molecule has 15 heavy (non-hydrogen) atoms. The molecule has 0 bridgehead atoms. The van der Waals surface area contributed by atoms with Gasteiger partial charge in [0.25, 0.3) is 0 Å². The van der Waals surface area contributed by atoms with Crippen molar-refractivity contribution in [2.24, 2.45) is 0 Å².